The molecule has 104 valence electrons. The quantitative estimate of drug-likeness (QED) is 0.778. The number of pyridine rings is 1. The van der Waals surface area contributed by atoms with Gasteiger partial charge < -0.3 is 5.11 Å². The summed E-state index contributed by atoms with van der Waals surface area (Å²) in [5.41, 5.74) is 1.55. The lowest BCUT2D eigenvalue weighted by molar-refractivity contribution is 0.212. The second-order valence-corrected chi connectivity index (χ2v) is 5.73. The normalized spacial score (nSPS) is 12.0. The van der Waals surface area contributed by atoms with E-state index in [0.717, 1.165) is 15.4 Å². The number of aromatic nitrogens is 1. The van der Waals surface area contributed by atoms with Gasteiger partial charge in [0.25, 0.3) is 0 Å². The number of aliphatic hydroxyl groups excluding tert-OH is 1. The maximum Gasteiger partial charge on any atom is 0.122 e. The van der Waals surface area contributed by atoms with Crippen LogP contribution in [-0.4, -0.2) is 10.1 Å². The fourth-order valence-electron chi connectivity index (χ4n) is 2.11. The third kappa shape index (κ3) is 3.32. The Bertz CT molecular complexity index is 701. The molecule has 3 aromatic rings. The maximum absolute atomic E-state index is 10.6. The summed E-state index contributed by atoms with van der Waals surface area (Å²) in [6.07, 6.45) is 0.990. The van der Waals surface area contributed by atoms with Gasteiger partial charge in [-0.05, 0) is 30.3 Å². The van der Waals surface area contributed by atoms with Crippen molar-refractivity contribution in [2.45, 2.75) is 15.9 Å². The Kier molecular flexibility index (Phi) is 4.34. The summed E-state index contributed by atoms with van der Waals surface area (Å²) >= 11 is 1.65. The smallest absolute Gasteiger partial charge is 0.122 e. The Morgan fingerprint density at radius 2 is 1.52 bits per heavy atom. The van der Waals surface area contributed by atoms with Gasteiger partial charge in [-0.3, -0.25) is 4.98 Å². The van der Waals surface area contributed by atoms with E-state index in [-0.39, 0.29) is 0 Å². The van der Waals surface area contributed by atoms with Crippen molar-refractivity contribution in [1.29, 1.82) is 0 Å². The van der Waals surface area contributed by atoms with Gasteiger partial charge >= 0.3 is 0 Å². The Morgan fingerprint density at radius 1 is 0.810 bits per heavy atom. The van der Waals surface area contributed by atoms with Crippen LogP contribution in [0.2, 0.25) is 0 Å². The minimum absolute atomic E-state index is 0.665. The number of rotatable bonds is 4. The molecule has 0 aliphatic carbocycles. The number of nitrogens with zero attached hydrogens (tertiary/aromatic N) is 1. The Labute approximate surface area is 128 Å². The van der Waals surface area contributed by atoms with Crippen LogP contribution < -0.4 is 0 Å². The highest BCUT2D eigenvalue weighted by Crippen LogP contribution is 2.34. The van der Waals surface area contributed by atoms with E-state index in [4.69, 9.17) is 0 Å². The van der Waals surface area contributed by atoms with Crippen LogP contribution in [0.15, 0.2) is 88.8 Å². The van der Waals surface area contributed by atoms with Crippen LogP contribution in [0.1, 0.15) is 17.4 Å². The van der Waals surface area contributed by atoms with E-state index in [1.54, 1.807) is 18.0 Å². The van der Waals surface area contributed by atoms with Gasteiger partial charge in [-0.25, -0.2) is 0 Å². The van der Waals surface area contributed by atoms with E-state index in [1.807, 2.05) is 60.7 Å². The zero-order valence-corrected chi connectivity index (χ0v) is 12.2. The summed E-state index contributed by atoms with van der Waals surface area (Å²) in [7, 11) is 0. The summed E-state index contributed by atoms with van der Waals surface area (Å²) in [5, 5.41) is 10.6. The van der Waals surface area contributed by atoms with Gasteiger partial charge in [0.1, 0.15) is 6.10 Å². The molecule has 2 aromatic carbocycles. The zero-order valence-electron chi connectivity index (χ0n) is 11.4. The predicted octanol–water partition coefficient (Wildman–Crippen LogP) is 4.31. The highest BCUT2D eigenvalue weighted by molar-refractivity contribution is 7.99. The molecule has 0 saturated carbocycles. The van der Waals surface area contributed by atoms with Crippen LogP contribution in [0.4, 0.5) is 0 Å². The SMILES string of the molecule is OC(c1ccccn1)c1ccccc1Sc1ccccc1. The molecule has 1 aromatic heterocycles. The molecule has 0 aliphatic heterocycles. The van der Waals surface area contributed by atoms with Crippen LogP contribution in [0.25, 0.3) is 0 Å². The highest BCUT2D eigenvalue weighted by atomic mass is 32.2. The summed E-state index contributed by atoms with van der Waals surface area (Å²) < 4.78 is 0. The van der Waals surface area contributed by atoms with Crippen molar-refractivity contribution in [3.8, 4) is 0 Å². The molecule has 2 nitrogen and oxygen atoms in total. The van der Waals surface area contributed by atoms with Crippen LogP contribution in [0.3, 0.4) is 0 Å². The number of aliphatic hydroxyl groups is 1. The van der Waals surface area contributed by atoms with Gasteiger partial charge in [-0.15, -0.1) is 0 Å². The number of hydrogen-bond donors (Lipinski definition) is 1. The lowest BCUT2D eigenvalue weighted by Gasteiger charge is -2.14. The van der Waals surface area contributed by atoms with Crippen LogP contribution in [0.5, 0.6) is 0 Å². The maximum atomic E-state index is 10.6. The first-order chi connectivity index (χ1) is 10.3. The van der Waals surface area contributed by atoms with E-state index < -0.39 is 6.10 Å². The third-order valence-electron chi connectivity index (χ3n) is 3.15. The first kappa shape index (κ1) is 13.9. The molecule has 0 aliphatic rings. The van der Waals surface area contributed by atoms with Gasteiger partial charge in [0.15, 0.2) is 0 Å². The molecule has 3 heteroatoms. The summed E-state index contributed by atoms with van der Waals surface area (Å²) in [5.74, 6) is 0. The highest BCUT2D eigenvalue weighted by Gasteiger charge is 2.15. The standard InChI is InChI=1S/C18H15NOS/c20-18(16-11-6-7-13-19-16)15-10-4-5-12-17(15)21-14-8-2-1-3-9-14/h1-13,18,20H. The first-order valence-corrected chi connectivity index (χ1v) is 7.57. The topological polar surface area (TPSA) is 33.1 Å². The van der Waals surface area contributed by atoms with Crippen molar-refractivity contribution in [3.05, 3.63) is 90.3 Å². The monoisotopic (exact) mass is 293 g/mol. The average molecular weight is 293 g/mol. The molecule has 3 rings (SSSR count). The summed E-state index contributed by atoms with van der Waals surface area (Å²) in [6.45, 7) is 0. The lowest BCUT2D eigenvalue weighted by Crippen LogP contribution is -2.03. The molecule has 0 saturated heterocycles. The molecule has 0 spiro atoms. The molecule has 1 N–H and O–H groups in total. The second-order valence-electron chi connectivity index (χ2n) is 4.61. The molecule has 0 amide bonds. The molecular weight excluding hydrogens is 278 g/mol. The minimum Gasteiger partial charge on any atom is -0.382 e. The third-order valence-corrected chi connectivity index (χ3v) is 4.25. The predicted molar refractivity (Wildman–Crippen MR) is 85.3 cm³/mol. The lowest BCUT2D eigenvalue weighted by atomic mass is 10.1. The fraction of sp³-hybridized carbons (Fsp3) is 0.0556. The van der Waals surface area contributed by atoms with E-state index in [9.17, 15) is 5.11 Å². The second kappa shape index (κ2) is 6.57. The molecule has 21 heavy (non-hydrogen) atoms. The molecule has 1 unspecified atom stereocenters. The van der Waals surface area contributed by atoms with E-state index >= 15 is 0 Å². The van der Waals surface area contributed by atoms with Gasteiger partial charge in [-0.1, -0.05) is 54.2 Å². The molecule has 0 bridgehead atoms. The van der Waals surface area contributed by atoms with Crippen LogP contribution in [0, 0.1) is 0 Å². The molecular formula is C18H15NOS. The molecule has 0 fully saturated rings. The van der Waals surface area contributed by atoms with Gasteiger partial charge in [0.2, 0.25) is 0 Å². The first-order valence-electron chi connectivity index (χ1n) is 6.75. The number of hydrogen-bond acceptors (Lipinski definition) is 3. The Hall–Kier alpha value is -2.10. The van der Waals surface area contributed by atoms with Crippen LogP contribution >= 0.6 is 11.8 Å². The number of benzene rings is 2. The van der Waals surface area contributed by atoms with Crippen molar-refractivity contribution in [1.82, 2.24) is 4.98 Å². The van der Waals surface area contributed by atoms with Gasteiger partial charge in [0, 0.05) is 21.6 Å². The Morgan fingerprint density at radius 3 is 2.29 bits per heavy atom. The van der Waals surface area contributed by atoms with Crippen molar-refractivity contribution in [2.75, 3.05) is 0 Å². The van der Waals surface area contributed by atoms with E-state index in [2.05, 4.69) is 17.1 Å². The van der Waals surface area contributed by atoms with E-state index in [0.29, 0.717) is 5.69 Å². The largest absolute Gasteiger partial charge is 0.382 e. The minimum atomic E-state index is -0.710. The molecule has 1 heterocycles. The van der Waals surface area contributed by atoms with Gasteiger partial charge in [0.05, 0.1) is 5.69 Å². The zero-order chi connectivity index (χ0) is 14.5. The molecule has 1 atom stereocenters. The Balaban J connectivity index is 1.93. The van der Waals surface area contributed by atoms with Crippen molar-refractivity contribution in [2.24, 2.45) is 0 Å². The van der Waals surface area contributed by atoms with Crippen molar-refractivity contribution < 1.29 is 5.11 Å². The fourth-order valence-corrected chi connectivity index (χ4v) is 3.10. The van der Waals surface area contributed by atoms with Crippen molar-refractivity contribution >= 4 is 11.8 Å². The molecule has 0 radical (unpaired) electrons. The van der Waals surface area contributed by atoms with Crippen LogP contribution in [-0.2, 0) is 0 Å². The van der Waals surface area contributed by atoms with E-state index in [1.165, 1.54) is 0 Å². The van der Waals surface area contributed by atoms with Crippen molar-refractivity contribution in [3.63, 3.8) is 0 Å². The average Bonchev–Trinajstić information content (AvgIpc) is 2.56. The summed E-state index contributed by atoms with van der Waals surface area (Å²) in [4.78, 5) is 6.44. The van der Waals surface area contributed by atoms with Gasteiger partial charge in [-0.2, -0.15) is 0 Å². The summed E-state index contributed by atoms with van der Waals surface area (Å²) in [6, 6.07) is 23.6.